The predicted octanol–water partition coefficient (Wildman–Crippen LogP) is 1.99. The minimum absolute atomic E-state index is 0.289. The van der Waals surface area contributed by atoms with Gasteiger partial charge in [-0.15, -0.1) is 0 Å². The Labute approximate surface area is 171 Å². The van der Waals surface area contributed by atoms with E-state index in [9.17, 15) is 4.79 Å². The summed E-state index contributed by atoms with van der Waals surface area (Å²) in [7, 11) is 0. The largest absolute Gasteiger partial charge is 0.342 e. The van der Waals surface area contributed by atoms with E-state index in [1.54, 1.807) is 6.33 Å². The van der Waals surface area contributed by atoms with Crippen molar-refractivity contribution >= 4 is 18.1 Å². The maximum atomic E-state index is 12.5. The molecule has 150 valence electrons. The van der Waals surface area contributed by atoms with E-state index in [4.69, 9.17) is 12.2 Å². The van der Waals surface area contributed by atoms with E-state index in [1.807, 2.05) is 44.5 Å². The maximum Gasteiger partial charge on any atom is 0.236 e. The number of piperidine rings is 1. The van der Waals surface area contributed by atoms with Crippen LogP contribution in [-0.4, -0.2) is 80.8 Å². The van der Waals surface area contributed by atoms with Gasteiger partial charge < -0.3 is 4.90 Å². The molecular weight excluding hydrogens is 372 g/mol. The van der Waals surface area contributed by atoms with Gasteiger partial charge in [-0.25, -0.2) is 4.68 Å². The molecule has 0 spiro atoms. The second-order valence-electron chi connectivity index (χ2n) is 7.60. The quantitative estimate of drug-likeness (QED) is 0.719. The summed E-state index contributed by atoms with van der Waals surface area (Å²) in [5, 5.41) is 4.47. The van der Waals surface area contributed by atoms with Crippen LogP contribution in [0, 0.1) is 4.77 Å². The first kappa shape index (κ1) is 19.3. The fraction of sp³-hybridized carbons (Fsp3) is 0.550. The molecule has 3 heterocycles. The zero-order valence-corrected chi connectivity index (χ0v) is 17.1. The van der Waals surface area contributed by atoms with Crippen molar-refractivity contribution in [2.45, 2.75) is 25.9 Å². The highest BCUT2D eigenvalue weighted by molar-refractivity contribution is 7.71. The van der Waals surface area contributed by atoms with Gasteiger partial charge in [0.15, 0.2) is 0 Å². The summed E-state index contributed by atoms with van der Waals surface area (Å²) in [6.07, 6.45) is 5.34. The fourth-order valence-corrected chi connectivity index (χ4v) is 4.17. The lowest BCUT2D eigenvalue weighted by atomic mass is 10.1. The average molecular weight is 401 g/mol. The Morgan fingerprint density at radius 3 is 2.32 bits per heavy atom. The number of aromatic nitrogens is 3. The van der Waals surface area contributed by atoms with Gasteiger partial charge in [0.25, 0.3) is 0 Å². The lowest BCUT2D eigenvalue weighted by molar-refractivity contribution is -0.133. The smallest absolute Gasteiger partial charge is 0.236 e. The third kappa shape index (κ3) is 4.51. The molecule has 2 aliphatic heterocycles. The summed E-state index contributed by atoms with van der Waals surface area (Å²) in [4.78, 5) is 19.1. The normalized spacial score (nSPS) is 19.1. The second kappa shape index (κ2) is 8.98. The van der Waals surface area contributed by atoms with Crippen molar-refractivity contribution in [2.24, 2.45) is 0 Å². The number of carbonyl (C=O) groups excluding carboxylic acids is 1. The van der Waals surface area contributed by atoms with E-state index in [1.165, 1.54) is 6.42 Å². The Bertz CT molecular complexity index is 834. The number of likely N-dealkylation sites (tertiary alicyclic amines) is 1. The van der Waals surface area contributed by atoms with Crippen molar-refractivity contribution in [1.29, 1.82) is 0 Å². The Hall–Kier alpha value is -2.03. The summed E-state index contributed by atoms with van der Waals surface area (Å²) in [6, 6.07) is 10.0. The molecule has 0 radical (unpaired) electrons. The molecular formula is C20H28N6OS. The molecule has 1 aromatic carbocycles. The average Bonchev–Trinajstić information content (AvgIpc) is 3.11. The number of para-hydroxylation sites is 1. The van der Waals surface area contributed by atoms with Crippen molar-refractivity contribution in [3.05, 3.63) is 41.4 Å². The zero-order valence-electron chi connectivity index (χ0n) is 16.2. The topological polar surface area (TPSA) is 49.5 Å². The highest BCUT2D eigenvalue weighted by Crippen LogP contribution is 2.11. The first-order valence-electron chi connectivity index (χ1n) is 10.1. The van der Waals surface area contributed by atoms with Gasteiger partial charge in [0, 0.05) is 45.0 Å². The Morgan fingerprint density at radius 1 is 0.929 bits per heavy atom. The van der Waals surface area contributed by atoms with Crippen molar-refractivity contribution in [2.75, 3.05) is 45.8 Å². The number of nitrogens with zero attached hydrogens (tertiary/aromatic N) is 6. The molecule has 4 rings (SSSR count). The Balaban J connectivity index is 1.28. The Kier molecular flexibility index (Phi) is 6.19. The summed E-state index contributed by atoms with van der Waals surface area (Å²) in [6.45, 7) is 6.77. The van der Waals surface area contributed by atoms with Crippen molar-refractivity contribution in [1.82, 2.24) is 29.0 Å². The lowest BCUT2D eigenvalue weighted by Crippen LogP contribution is -2.50. The molecule has 0 saturated carbocycles. The molecule has 2 aromatic rings. The van der Waals surface area contributed by atoms with Gasteiger partial charge in [-0.1, -0.05) is 18.2 Å². The van der Waals surface area contributed by atoms with E-state index in [0.717, 1.165) is 57.8 Å². The molecule has 0 bridgehead atoms. The lowest BCUT2D eigenvalue weighted by Gasteiger charge is -2.35. The van der Waals surface area contributed by atoms with Crippen LogP contribution in [0.15, 0.2) is 36.7 Å². The molecule has 7 nitrogen and oxygen atoms in total. The minimum Gasteiger partial charge on any atom is -0.342 e. The molecule has 2 fully saturated rings. The van der Waals surface area contributed by atoms with Gasteiger partial charge in [0.05, 0.1) is 13.2 Å². The molecule has 1 aromatic heterocycles. The Morgan fingerprint density at radius 2 is 1.61 bits per heavy atom. The second-order valence-corrected chi connectivity index (χ2v) is 7.96. The van der Waals surface area contributed by atoms with Crippen molar-refractivity contribution in [3.63, 3.8) is 0 Å². The highest BCUT2D eigenvalue weighted by atomic mass is 32.1. The molecule has 2 aliphatic rings. The third-order valence-electron chi connectivity index (χ3n) is 5.63. The van der Waals surface area contributed by atoms with E-state index in [2.05, 4.69) is 14.9 Å². The third-order valence-corrected chi connectivity index (χ3v) is 6.04. The van der Waals surface area contributed by atoms with E-state index >= 15 is 0 Å². The van der Waals surface area contributed by atoms with Gasteiger partial charge in [-0.3, -0.25) is 19.2 Å². The molecule has 0 N–H and O–H groups in total. The van der Waals surface area contributed by atoms with Crippen LogP contribution in [0.1, 0.15) is 19.3 Å². The van der Waals surface area contributed by atoms with Crippen LogP contribution < -0.4 is 0 Å². The molecule has 8 heteroatoms. The molecule has 0 aliphatic carbocycles. The first-order chi connectivity index (χ1) is 13.7. The van der Waals surface area contributed by atoms with E-state index < -0.39 is 0 Å². The number of hydrogen-bond donors (Lipinski definition) is 0. The summed E-state index contributed by atoms with van der Waals surface area (Å²) in [5.41, 5.74) is 1.03. The number of amides is 1. The number of hydrogen-bond acceptors (Lipinski definition) is 5. The highest BCUT2D eigenvalue weighted by Gasteiger charge is 2.23. The first-order valence-corrected chi connectivity index (χ1v) is 10.5. The van der Waals surface area contributed by atoms with Crippen LogP contribution in [-0.2, 0) is 11.5 Å². The van der Waals surface area contributed by atoms with Crippen LogP contribution in [0.2, 0.25) is 0 Å². The van der Waals surface area contributed by atoms with Crippen LogP contribution in [0.25, 0.3) is 5.69 Å². The van der Waals surface area contributed by atoms with Crippen LogP contribution >= 0.6 is 12.2 Å². The molecule has 1 amide bonds. The standard InChI is InChI=1S/C20H28N6OS/c27-19(24-9-5-2-6-10-24)15-22-11-13-23(14-12-22)17-26-20(28)25(16-21-26)18-7-3-1-4-8-18/h1,3-4,7-8,16H,2,5-6,9-15,17H2. The predicted molar refractivity (Wildman–Crippen MR) is 111 cm³/mol. The maximum absolute atomic E-state index is 12.5. The monoisotopic (exact) mass is 400 g/mol. The van der Waals surface area contributed by atoms with E-state index in [-0.39, 0.29) is 5.91 Å². The van der Waals surface area contributed by atoms with Gasteiger partial charge in [-0.2, -0.15) is 5.10 Å². The number of carbonyl (C=O) groups is 1. The fourth-order valence-electron chi connectivity index (χ4n) is 3.91. The van der Waals surface area contributed by atoms with Crippen LogP contribution in [0.4, 0.5) is 0 Å². The number of piperazine rings is 1. The molecule has 0 atom stereocenters. The number of benzene rings is 1. The van der Waals surface area contributed by atoms with Crippen LogP contribution in [0.3, 0.4) is 0 Å². The molecule has 0 unspecified atom stereocenters. The van der Waals surface area contributed by atoms with Gasteiger partial charge in [0.1, 0.15) is 6.33 Å². The summed E-state index contributed by atoms with van der Waals surface area (Å²) < 4.78 is 4.51. The molecule has 28 heavy (non-hydrogen) atoms. The number of rotatable bonds is 5. The van der Waals surface area contributed by atoms with Crippen LogP contribution in [0.5, 0.6) is 0 Å². The van der Waals surface area contributed by atoms with Gasteiger partial charge in [0.2, 0.25) is 10.7 Å². The minimum atomic E-state index is 0.289. The zero-order chi connectivity index (χ0) is 19.3. The molecule has 2 saturated heterocycles. The van der Waals surface area contributed by atoms with Crippen molar-refractivity contribution < 1.29 is 4.79 Å². The van der Waals surface area contributed by atoms with Gasteiger partial charge >= 0.3 is 0 Å². The SMILES string of the molecule is O=C(CN1CCN(Cn2ncn(-c3ccccc3)c2=S)CC1)N1CCCCC1. The van der Waals surface area contributed by atoms with Gasteiger partial charge in [-0.05, 0) is 43.6 Å². The van der Waals surface area contributed by atoms with Crippen molar-refractivity contribution in [3.8, 4) is 5.69 Å². The summed E-state index contributed by atoms with van der Waals surface area (Å²) >= 11 is 5.60. The van der Waals surface area contributed by atoms with E-state index in [0.29, 0.717) is 18.0 Å². The summed E-state index contributed by atoms with van der Waals surface area (Å²) in [5.74, 6) is 0.289.